The fourth-order valence-corrected chi connectivity index (χ4v) is 8.22. The Hall–Kier alpha value is -3.62. The molecule has 1 aliphatic heterocycles. The van der Waals surface area contributed by atoms with Crippen molar-refractivity contribution in [3.63, 3.8) is 0 Å². The van der Waals surface area contributed by atoms with Crippen LogP contribution >= 0.6 is 7.92 Å². The van der Waals surface area contributed by atoms with Gasteiger partial charge in [0.25, 0.3) is 0 Å². The average molecular weight is 564 g/mol. The Kier molecular flexibility index (Phi) is 8.12. The molecule has 4 aliphatic carbocycles. The van der Waals surface area contributed by atoms with Crippen LogP contribution in [0.2, 0.25) is 0 Å². The summed E-state index contributed by atoms with van der Waals surface area (Å²) in [6.07, 6.45) is 3.86. The Morgan fingerprint density at radius 2 is 1.27 bits per heavy atom. The van der Waals surface area contributed by atoms with Crippen molar-refractivity contribution in [3.8, 4) is 11.5 Å². The lowest BCUT2D eigenvalue weighted by molar-refractivity contribution is 0.291. The van der Waals surface area contributed by atoms with Crippen LogP contribution in [-0.4, -0.2) is 32.8 Å². The largest absolute Gasteiger partial charge is 0.497 e. The monoisotopic (exact) mass is 563 g/mol. The van der Waals surface area contributed by atoms with E-state index in [9.17, 15) is 0 Å². The van der Waals surface area contributed by atoms with Crippen molar-refractivity contribution in [2.24, 2.45) is 10.9 Å². The zero-order valence-electron chi connectivity index (χ0n) is 24.4. The lowest BCUT2D eigenvalue weighted by Gasteiger charge is -2.24. The maximum Gasteiger partial charge on any atom is 0.216 e. The molecule has 0 spiro atoms. The van der Waals surface area contributed by atoms with E-state index in [1.54, 1.807) is 14.2 Å². The van der Waals surface area contributed by atoms with E-state index in [0.29, 0.717) is 12.5 Å². The molecule has 9 rings (SSSR count). The molecule has 1 atom stereocenters. The molecule has 0 unspecified atom stereocenters. The topological polar surface area (TPSA) is 40.0 Å². The van der Waals surface area contributed by atoms with Crippen molar-refractivity contribution >= 4 is 29.7 Å². The zero-order chi connectivity index (χ0) is 28.3. The number of benzene rings is 4. The number of nitrogens with zero attached hydrogens (tertiary/aromatic N) is 1. The summed E-state index contributed by atoms with van der Waals surface area (Å²) < 4.78 is 17.1. The number of methoxy groups -OCH3 is 2. The predicted octanol–water partition coefficient (Wildman–Crippen LogP) is 6.15. The molecule has 5 aliphatic rings. The molecule has 5 heteroatoms. The Morgan fingerprint density at radius 3 is 1.83 bits per heavy atom. The van der Waals surface area contributed by atoms with Crippen LogP contribution in [-0.2, 0) is 30.4 Å². The van der Waals surface area contributed by atoms with Crippen molar-refractivity contribution < 1.29 is 14.2 Å². The molecule has 0 radical (unpaired) electrons. The summed E-state index contributed by atoms with van der Waals surface area (Å²) >= 11 is 0. The number of hydrogen-bond acceptors (Lipinski definition) is 4. The van der Waals surface area contributed by atoms with E-state index < -0.39 is 7.92 Å². The van der Waals surface area contributed by atoms with Crippen LogP contribution in [0.5, 0.6) is 11.5 Å². The van der Waals surface area contributed by atoms with Crippen LogP contribution < -0.4 is 25.4 Å². The van der Waals surface area contributed by atoms with E-state index in [0.717, 1.165) is 43.1 Å². The average Bonchev–Trinajstić information content (AvgIpc) is 3.50. The van der Waals surface area contributed by atoms with Crippen LogP contribution in [0.15, 0.2) is 89.9 Å². The molecule has 1 heterocycles. The molecule has 0 fully saturated rings. The Labute approximate surface area is 245 Å². The van der Waals surface area contributed by atoms with E-state index in [4.69, 9.17) is 19.2 Å². The maximum atomic E-state index is 6.15. The van der Waals surface area contributed by atoms with Gasteiger partial charge in [-0.1, -0.05) is 68.4 Å². The highest BCUT2D eigenvalue weighted by Crippen LogP contribution is 2.36. The van der Waals surface area contributed by atoms with Gasteiger partial charge in [-0.3, -0.25) is 0 Å². The predicted molar refractivity (Wildman–Crippen MR) is 171 cm³/mol. The molecule has 4 nitrogen and oxygen atoms in total. The van der Waals surface area contributed by atoms with Gasteiger partial charge in [0.1, 0.15) is 18.1 Å². The van der Waals surface area contributed by atoms with Crippen molar-refractivity contribution in [3.05, 3.63) is 113 Å². The molecule has 0 saturated heterocycles. The third-order valence-electron chi connectivity index (χ3n) is 8.27. The smallest absolute Gasteiger partial charge is 0.216 e. The minimum atomic E-state index is -0.766. The summed E-state index contributed by atoms with van der Waals surface area (Å²) in [6.45, 7) is 5.12. The third kappa shape index (κ3) is 5.90. The van der Waals surface area contributed by atoms with Crippen molar-refractivity contribution in [2.75, 3.05) is 20.8 Å². The molecular formula is C36H38NO3P. The molecule has 210 valence electrons. The summed E-state index contributed by atoms with van der Waals surface area (Å²) in [5.74, 6) is 3.06. The number of rotatable bonds is 7. The molecule has 0 amide bonds. The third-order valence-corrected chi connectivity index (χ3v) is 10.8. The first-order chi connectivity index (χ1) is 20.0. The fourth-order valence-electron chi connectivity index (χ4n) is 5.71. The van der Waals surface area contributed by atoms with E-state index in [-0.39, 0.29) is 6.04 Å². The van der Waals surface area contributed by atoms with Crippen LogP contribution in [0, 0.1) is 5.92 Å². The number of aliphatic imine (C=N–C) groups is 1. The first-order valence-electron chi connectivity index (χ1n) is 14.5. The molecule has 4 bridgehead atoms. The van der Waals surface area contributed by atoms with Gasteiger partial charge in [0, 0.05) is 5.56 Å². The maximum absolute atomic E-state index is 6.15. The Morgan fingerprint density at radius 1 is 0.707 bits per heavy atom. The first kappa shape index (κ1) is 27.5. The number of ether oxygens (including phenoxy) is 3. The molecule has 41 heavy (non-hydrogen) atoms. The molecular weight excluding hydrogens is 525 g/mol. The van der Waals surface area contributed by atoms with Crippen molar-refractivity contribution in [2.45, 2.75) is 45.6 Å². The van der Waals surface area contributed by atoms with Gasteiger partial charge in [-0.05, 0) is 108 Å². The van der Waals surface area contributed by atoms with Crippen molar-refractivity contribution in [1.82, 2.24) is 0 Å². The van der Waals surface area contributed by atoms with Crippen LogP contribution in [0.4, 0.5) is 0 Å². The van der Waals surface area contributed by atoms with Crippen LogP contribution in [0.25, 0.3) is 0 Å². The minimum Gasteiger partial charge on any atom is -0.497 e. The molecule has 4 aromatic rings. The van der Waals surface area contributed by atoms with Crippen molar-refractivity contribution in [1.29, 1.82) is 0 Å². The normalized spacial score (nSPS) is 16.3. The lowest BCUT2D eigenvalue weighted by atomic mass is 9.93. The molecule has 0 saturated carbocycles. The van der Waals surface area contributed by atoms with Gasteiger partial charge in [0.05, 0.1) is 20.3 Å². The van der Waals surface area contributed by atoms with Crippen LogP contribution in [0.3, 0.4) is 0 Å². The quantitative estimate of drug-likeness (QED) is 0.254. The Bertz CT molecular complexity index is 1500. The lowest BCUT2D eigenvalue weighted by Crippen LogP contribution is -2.24. The van der Waals surface area contributed by atoms with Gasteiger partial charge in [0.2, 0.25) is 5.90 Å². The zero-order valence-corrected chi connectivity index (χ0v) is 25.3. The SMILES string of the molecule is COc1ccc(P(c2ccc(OC)cc2)c2cc3ccc2CCc2ccc(c(C4=N[C@@H](C(C)C)CO4)c2)CC3)cc1. The highest BCUT2D eigenvalue weighted by molar-refractivity contribution is 7.79. The van der Waals surface area contributed by atoms with Gasteiger partial charge >= 0.3 is 0 Å². The van der Waals surface area contributed by atoms with Gasteiger partial charge in [0.15, 0.2) is 0 Å². The summed E-state index contributed by atoms with van der Waals surface area (Å²) in [5.41, 5.74) is 6.60. The van der Waals surface area contributed by atoms with Gasteiger partial charge < -0.3 is 14.2 Å². The first-order valence-corrected chi connectivity index (χ1v) is 15.9. The summed E-state index contributed by atoms with van der Waals surface area (Å²) in [4.78, 5) is 4.98. The summed E-state index contributed by atoms with van der Waals surface area (Å²) in [7, 11) is 2.68. The van der Waals surface area contributed by atoms with Gasteiger partial charge in [-0.15, -0.1) is 0 Å². The second-order valence-electron chi connectivity index (χ2n) is 11.2. The second kappa shape index (κ2) is 12.1. The minimum absolute atomic E-state index is 0.241. The van der Waals surface area contributed by atoms with Crippen LogP contribution in [0.1, 0.15) is 41.7 Å². The van der Waals surface area contributed by atoms with E-state index in [1.165, 1.54) is 43.7 Å². The second-order valence-corrected chi connectivity index (χ2v) is 13.4. The molecule has 4 aromatic carbocycles. The summed E-state index contributed by atoms with van der Waals surface area (Å²) in [6, 6.07) is 31.6. The number of hydrogen-bond donors (Lipinski definition) is 0. The summed E-state index contributed by atoms with van der Waals surface area (Å²) in [5, 5.41) is 4.07. The van der Waals surface area contributed by atoms with E-state index >= 15 is 0 Å². The van der Waals surface area contributed by atoms with E-state index in [1.807, 2.05) is 0 Å². The highest BCUT2D eigenvalue weighted by Gasteiger charge is 2.26. The van der Waals surface area contributed by atoms with Gasteiger partial charge in [-0.25, -0.2) is 4.99 Å². The van der Waals surface area contributed by atoms with E-state index in [2.05, 4.69) is 98.8 Å². The van der Waals surface area contributed by atoms with Gasteiger partial charge in [-0.2, -0.15) is 0 Å². The Balaban J connectivity index is 1.40. The molecule has 0 N–H and O–H groups in total. The number of aryl methyl sites for hydroxylation is 4. The molecule has 0 aromatic heterocycles. The standard InChI is InChI=1S/C36H38NO3P/c1-24(2)34-23-40-36(37-34)33-21-25-5-9-27(33)10-6-26-8-12-28(11-7-25)35(22-26)41(31-17-13-29(38-3)14-18-31)32-19-15-30(39-4)16-20-32/h5,8-9,12-22,24,34H,6-7,10-11,23H2,1-4H3/t34-/m1/s1. The highest BCUT2D eigenvalue weighted by atomic mass is 31.1. The fraction of sp³-hybridized carbons (Fsp3) is 0.306.